The van der Waals surface area contributed by atoms with E-state index < -0.39 is 15.8 Å². The van der Waals surface area contributed by atoms with Gasteiger partial charge in [0.1, 0.15) is 18.2 Å². The van der Waals surface area contributed by atoms with Crippen molar-refractivity contribution in [3.8, 4) is 17.7 Å². The Labute approximate surface area is 204 Å². The summed E-state index contributed by atoms with van der Waals surface area (Å²) in [7, 11) is -3.71. The molecule has 176 valence electrons. The van der Waals surface area contributed by atoms with E-state index in [-0.39, 0.29) is 29.2 Å². The summed E-state index contributed by atoms with van der Waals surface area (Å²) < 4.78 is 33.4. The van der Waals surface area contributed by atoms with E-state index in [1.807, 2.05) is 6.07 Å². The Bertz CT molecular complexity index is 1370. The lowest BCUT2D eigenvalue weighted by Crippen LogP contribution is -2.30. The maximum absolute atomic E-state index is 12.9. The van der Waals surface area contributed by atoms with Gasteiger partial charge in [0.2, 0.25) is 5.88 Å². The number of carboxylic acid groups (broad SMARTS) is 1. The van der Waals surface area contributed by atoms with Crippen LogP contribution in [0.5, 0.6) is 11.6 Å². The number of benzene rings is 1. The number of nitriles is 1. The highest BCUT2D eigenvalue weighted by molar-refractivity contribution is 9.10. The van der Waals surface area contributed by atoms with Gasteiger partial charge < -0.3 is 9.84 Å². The minimum atomic E-state index is -3.71. The first kappa shape index (κ1) is 23.9. The van der Waals surface area contributed by atoms with Gasteiger partial charge in [0.15, 0.2) is 9.84 Å². The van der Waals surface area contributed by atoms with Crippen LogP contribution in [0.3, 0.4) is 0 Å². The van der Waals surface area contributed by atoms with E-state index in [1.54, 1.807) is 30.5 Å². The minimum Gasteiger partial charge on any atom is -0.480 e. The number of nitrogens with zero attached hydrogens (tertiary/aromatic N) is 4. The highest BCUT2D eigenvalue weighted by Gasteiger charge is 2.27. The van der Waals surface area contributed by atoms with Gasteiger partial charge >= 0.3 is 5.97 Å². The SMILES string of the molecule is N#Cc1ccc(Oc2ncc(S(=O)(=O)CN[C@@H]3CCCc4c3cnn4CC(=O)O)cc2Br)cc1. The Hall–Kier alpha value is -3.27. The number of aliphatic carboxylic acids is 1. The van der Waals surface area contributed by atoms with Crippen molar-refractivity contribution in [2.45, 2.75) is 36.7 Å². The van der Waals surface area contributed by atoms with Crippen LogP contribution < -0.4 is 10.1 Å². The van der Waals surface area contributed by atoms with E-state index in [1.165, 1.54) is 16.9 Å². The zero-order valence-corrected chi connectivity index (χ0v) is 20.2. The topological polar surface area (TPSA) is 147 Å². The maximum Gasteiger partial charge on any atom is 0.325 e. The lowest BCUT2D eigenvalue weighted by molar-refractivity contribution is -0.137. The molecule has 2 N–H and O–H groups in total. The molecule has 0 spiro atoms. The summed E-state index contributed by atoms with van der Waals surface area (Å²) in [5.41, 5.74) is 2.14. The molecule has 1 aliphatic rings. The number of carbonyl (C=O) groups is 1. The van der Waals surface area contributed by atoms with Gasteiger partial charge in [-0.2, -0.15) is 10.4 Å². The van der Waals surface area contributed by atoms with Crippen molar-refractivity contribution >= 4 is 31.7 Å². The van der Waals surface area contributed by atoms with Crippen molar-refractivity contribution < 1.29 is 23.1 Å². The molecule has 2 aromatic heterocycles. The van der Waals surface area contributed by atoms with Crippen LogP contribution in [0, 0.1) is 11.3 Å². The summed E-state index contributed by atoms with van der Waals surface area (Å²) >= 11 is 3.31. The normalized spacial score (nSPS) is 15.4. The quantitative estimate of drug-likeness (QED) is 0.435. The molecule has 12 heteroatoms. The lowest BCUT2D eigenvalue weighted by atomic mass is 9.93. The molecule has 4 rings (SSSR count). The Morgan fingerprint density at radius 3 is 2.76 bits per heavy atom. The van der Waals surface area contributed by atoms with Gasteiger partial charge in [0.05, 0.1) is 27.2 Å². The first-order valence-corrected chi connectivity index (χ1v) is 12.8. The van der Waals surface area contributed by atoms with Crippen LogP contribution in [-0.4, -0.2) is 40.1 Å². The van der Waals surface area contributed by atoms with Crippen molar-refractivity contribution in [3.05, 3.63) is 64.0 Å². The first-order chi connectivity index (χ1) is 16.3. The number of carboxylic acids is 1. The number of hydrogen-bond acceptors (Lipinski definition) is 8. The molecule has 0 radical (unpaired) electrons. The lowest BCUT2D eigenvalue weighted by Gasteiger charge is -2.24. The molecule has 34 heavy (non-hydrogen) atoms. The fourth-order valence-corrected chi connectivity index (χ4v) is 5.43. The third kappa shape index (κ3) is 5.27. The summed E-state index contributed by atoms with van der Waals surface area (Å²) in [4.78, 5) is 15.2. The maximum atomic E-state index is 12.9. The largest absolute Gasteiger partial charge is 0.480 e. The summed E-state index contributed by atoms with van der Waals surface area (Å²) in [6.07, 6.45) is 5.06. The molecule has 0 unspecified atom stereocenters. The van der Waals surface area contributed by atoms with Gasteiger partial charge in [-0.1, -0.05) is 0 Å². The fraction of sp³-hybridized carbons (Fsp3) is 0.273. The van der Waals surface area contributed by atoms with Crippen LogP contribution in [0.15, 0.2) is 52.1 Å². The molecule has 0 bridgehead atoms. The van der Waals surface area contributed by atoms with Crippen molar-refractivity contribution in [2.24, 2.45) is 0 Å². The van der Waals surface area contributed by atoms with E-state index in [2.05, 4.69) is 31.3 Å². The molecule has 3 aromatic rings. The molecular weight excluding hydrogens is 526 g/mol. The third-order valence-corrected chi connectivity index (χ3v) is 7.46. The Morgan fingerprint density at radius 2 is 2.09 bits per heavy atom. The Balaban J connectivity index is 1.45. The van der Waals surface area contributed by atoms with Crippen LogP contribution in [0.1, 0.15) is 35.7 Å². The number of sulfone groups is 1. The minimum absolute atomic E-state index is 0.0247. The first-order valence-electron chi connectivity index (χ1n) is 10.3. The van der Waals surface area contributed by atoms with Gasteiger partial charge in [-0.15, -0.1) is 0 Å². The summed E-state index contributed by atoms with van der Waals surface area (Å²) in [6, 6.07) is 9.67. The second kappa shape index (κ2) is 9.92. The van der Waals surface area contributed by atoms with Crippen molar-refractivity contribution in [1.29, 1.82) is 5.26 Å². The van der Waals surface area contributed by atoms with Crippen LogP contribution in [0.25, 0.3) is 0 Å². The monoisotopic (exact) mass is 545 g/mol. The average Bonchev–Trinajstić information content (AvgIpc) is 3.22. The molecule has 0 amide bonds. The van der Waals surface area contributed by atoms with E-state index >= 15 is 0 Å². The standard InChI is InChI=1S/C22H20BrN5O5S/c23-18-8-16(10-25-22(18)33-15-6-4-14(9-24)5-7-15)34(31,32)13-26-19-2-1-3-20-17(19)11-27-28(20)12-21(29)30/h4-8,10-11,19,26H,1-3,12-13H2,(H,29,30)/t19-/m1/s1. The molecule has 10 nitrogen and oxygen atoms in total. The number of halogens is 1. The third-order valence-electron chi connectivity index (χ3n) is 5.41. The summed E-state index contributed by atoms with van der Waals surface area (Å²) in [5, 5.41) is 25.2. The molecule has 0 fully saturated rings. The molecular formula is C22H20BrN5O5S. The second-order valence-electron chi connectivity index (χ2n) is 7.70. The molecule has 0 saturated carbocycles. The molecule has 1 aliphatic carbocycles. The number of rotatable bonds is 8. The van der Waals surface area contributed by atoms with Crippen molar-refractivity contribution in [3.63, 3.8) is 0 Å². The highest BCUT2D eigenvalue weighted by atomic mass is 79.9. The van der Waals surface area contributed by atoms with E-state index in [0.29, 0.717) is 22.2 Å². The van der Waals surface area contributed by atoms with Crippen molar-refractivity contribution in [2.75, 3.05) is 5.88 Å². The van der Waals surface area contributed by atoms with Crippen molar-refractivity contribution in [1.82, 2.24) is 20.1 Å². The fourth-order valence-electron chi connectivity index (χ4n) is 3.75. The Kier molecular flexibility index (Phi) is 6.97. The number of fused-ring (bicyclic) bond motifs is 1. The number of ether oxygens (including phenoxy) is 1. The number of pyridine rings is 1. The predicted molar refractivity (Wildman–Crippen MR) is 124 cm³/mol. The average molecular weight is 546 g/mol. The van der Waals surface area contributed by atoms with Gasteiger partial charge in [0, 0.05) is 23.5 Å². The number of nitrogens with one attached hydrogen (secondary N) is 1. The van der Waals surface area contributed by atoms with Gasteiger partial charge in [-0.3, -0.25) is 14.8 Å². The van der Waals surface area contributed by atoms with Crippen LogP contribution in [0.2, 0.25) is 0 Å². The Morgan fingerprint density at radius 1 is 1.32 bits per heavy atom. The van der Waals surface area contributed by atoms with E-state index in [0.717, 1.165) is 24.1 Å². The predicted octanol–water partition coefficient (Wildman–Crippen LogP) is 3.19. The molecule has 1 aromatic carbocycles. The highest BCUT2D eigenvalue weighted by Crippen LogP contribution is 2.31. The molecule has 0 aliphatic heterocycles. The van der Waals surface area contributed by atoms with Gasteiger partial charge in [0.25, 0.3) is 0 Å². The van der Waals surface area contributed by atoms with Gasteiger partial charge in [-0.25, -0.2) is 13.4 Å². The second-order valence-corrected chi connectivity index (χ2v) is 10.5. The summed E-state index contributed by atoms with van der Waals surface area (Å²) in [6.45, 7) is -0.225. The molecule has 2 heterocycles. The van der Waals surface area contributed by atoms with E-state index in [4.69, 9.17) is 15.1 Å². The zero-order chi connectivity index (χ0) is 24.3. The molecule has 1 atom stereocenters. The van der Waals surface area contributed by atoms with Crippen LogP contribution >= 0.6 is 15.9 Å². The van der Waals surface area contributed by atoms with E-state index in [9.17, 15) is 13.2 Å². The number of hydrogen-bond donors (Lipinski definition) is 2. The summed E-state index contributed by atoms with van der Waals surface area (Å²) in [5.74, 6) is -0.640. The molecule has 0 saturated heterocycles. The zero-order valence-electron chi connectivity index (χ0n) is 17.8. The van der Waals surface area contributed by atoms with Crippen LogP contribution in [-0.2, 0) is 27.6 Å². The van der Waals surface area contributed by atoms with Crippen LogP contribution in [0.4, 0.5) is 0 Å². The number of aromatic nitrogens is 3. The smallest absolute Gasteiger partial charge is 0.325 e. The van der Waals surface area contributed by atoms with Gasteiger partial charge in [-0.05, 0) is 65.5 Å².